The van der Waals surface area contributed by atoms with Crippen molar-refractivity contribution in [1.82, 2.24) is 14.9 Å². The van der Waals surface area contributed by atoms with Crippen molar-refractivity contribution in [3.63, 3.8) is 0 Å². The summed E-state index contributed by atoms with van der Waals surface area (Å²) < 4.78 is 1.78. The third-order valence-electron chi connectivity index (χ3n) is 5.23. The summed E-state index contributed by atoms with van der Waals surface area (Å²) in [6.45, 7) is 1.90. The van der Waals surface area contributed by atoms with E-state index in [4.69, 9.17) is 0 Å². The van der Waals surface area contributed by atoms with Crippen molar-refractivity contribution in [2.24, 2.45) is 7.05 Å². The molecule has 4 rings (SSSR count). The summed E-state index contributed by atoms with van der Waals surface area (Å²) in [5.74, 6) is -0.595. The van der Waals surface area contributed by atoms with Gasteiger partial charge in [-0.05, 0) is 31.0 Å². The van der Waals surface area contributed by atoms with Gasteiger partial charge >= 0.3 is 0 Å². The predicted octanol–water partition coefficient (Wildman–Crippen LogP) is 3.42. The number of anilines is 2. The Labute approximate surface area is 190 Å². The first-order chi connectivity index (χ1) is 15.0. The minimum absolute atomic E-state index is 0.112. The zero-order valence-corrected chi connectivity index (χ0v) is 19.0. The lowest BCUT2D eigenvalue weighted by molar-refractivity contribution is -0.115. The van der Waals surface area contributed by atoms with Gasteiger partial charge in [0.05, 0.1) is 17.8 Å². The Hall–Kier alpha value is -2.78. The molecule has 0 radical (unpaired) electrons. The molecule has 0 saturated carbocycles. The van der Waals surface area contributed by atoms with Crippen LogP contribution in [0.2, 0.25) is 0 Å². The average molecular weight is 456 g/mol. The van der Waals surface area contributed by atoms with Gasteiger partial charge in [0.15, 0.2) is 5.13 Å². The van der Waals surface area contributed by atoms with E-state index in [1.165, 1.54) is 17.0 Å². The van der Waals surface area contributed by atoms with Crippen molar-refractivity contribution in [3.05, 3.63) is 53.7 Å². The number of hydrogen-bond acceptors (Lipinski definition) is 6. The number of amides is 2. The van der Waals surface area contributed by atoms with Crippen molar-refractivity contribution in [2.45, 2.75) is 18.1 Å². The number of nitrogens with one attached hydrogen (secondary N) is 2. The van der Waals surface area contributed by atoms with E-state index in [1.807, 2.05) is 24.6 Å². The van der Waals surface area contributed by atoms with Gasteiger partial charge in [-0.1, -0.05) is 12.1 Å². The van der Waals surface area contributed by atoms with Gasteiger partial charge in [-0.15, -0.1) is 11.3 Å². The van der Waals surface area contributed by atoms with Gasteiger partial charge in [0, 0.05) is 54.4 Å². The van der Waals surface area contributed by atoms with Crippen LogP contribution in [0.1, 0.15) is 23.2 Å². The molecule has 1 saturated heterocycles. The van der Waals surface area contributed by atoms with Crippen LogP contribution in [0.15, 0.2) is 48.1 Å². The second-order valence-electron chi connectivity index (χ2n) is 7.60. The largest absolute Gasteiger partial charge is 0.371 e. The molecule has 0 bridgehead atoms. The molecule has 0 atom stereocenters. The van der Waals surface area contributed by atoms with Crippen molar-refractivity contribution >= 4 is 46.6 Å². The molecule has 2 amide bonds. The Kier molecular flexibility index (Phi) is 6.62. The second kappa shape index (κ2) is 9.57. The molecule has 0 aliphatic carbocycles. The molecule has 1 aliphatic rings. The molecule has 1 aliphatic heterocycles. The summed E-state index contributed by atoms with van der Waals surface area (Å²) in [6, 6.07) is 10.0. The van der Waals surface area contributed by atoms with E-state index in [0.717, 1.165) is 37.2 Å². The number of aromatic nitrogens is 2. The number of benzene rings is 1. The number of carbonyl (C=O) groups excluding carboxylic acids is 2. The van der Waals surface area contributed by atoms with Crippen molar-refractivity contribution < 1.29 is 9.59 Å². The molecule has 31 heavy (non-hydrogen) atoms. The average Bonchev–Trinajstić information content (AvgIpc) is 3.42. The molecular weight excluding hydrogens is 430 g/mol. The third kappa shape index (κ3) is 5.48. The van der Waals surface area contributed by atoms with Crippen LogP contribution in [0.25, 0.3) is 11.3 Å². The normalized spacial score (nSPS) is 14.5. The number of rotatable bonds is 6. The molecule has 162 valence electrons. The summed E-state index contributed by atoms with van der Waals surface area (Å²) in [6.07, 6.45) is 5.65. The molecule has 0 unspecified atom stereocenters. The predicted molar refractivity (Wildman–Crippen MR) is 128 cm³/mol. The van der Waals surface area contributed by atoms with Gasteiger partial charge in [0.2, 0.25) is 5.91 Å². The number of carbonyl (C=O) groups is 2. The maximum absolute atomic E-state index is 12.2. The first kappa shape index (κ1) is 21.5. The van der Waals surface area contributed by atoms with Gasteiger partial charge in [-0.25, -0.2) is 4.98 Å². The standard InChI is InChI=1S/C22H25N5O2S2/c1-26-8-5-16(13-26)21(29)23-12-20(28)25-22-24-19(14-31-22)15-3-2-4-17(11-15)27-9-6-18(30)7-10-27/h2-5,8,11,13-14,18,30H,6-7,9-10,12H2,1H3,(H,23,29)(H,24,25,28). The minimum atomic E-state index is -0.312. The molecule has 3 heterocycles. The molecule has 2 N–H and O–H groups in total. The van der Waals surface area contributed by atoms with E-state index < -0.39 is 0 Å². The molecule has 1 fully saturated rings. The monoisotopic (exact) mass is 455 g/mol. The number of thiazole rings is 1. The highest BCUT2D eigenvalue weighted by Crippen LogP contribution is 2.29. The lowest BCUT2D eigenvalue weighted by Crippen LogP contribution is -2.33. The summed E-state index contributed by atoms with van der Waals surface area (Å²) in [5.41, 5.74) is 3.53. The van der Waals surface area contributed by atoms with Crippen LogP contribution >= 0.6 is 24.0 Å². The van der Waals surface area contributed by atoms with Gasteiger partial charge in [0.1, 0.15) is 0 Å². The van der Waals surface area contributed by atoms with Gasteiger partial charge in [0.25, 0.3) is 5.91 Å². The fourth-order valence-corrected chi connectivity index (χ4v) is 4.48. The summed E-state index contributed by atoms with van der Waals surface area (Å²) in [5, 5.41) is 8.30. The van der Waals surface area contributed by atoms with E-state index in [-0.39, 0.29) is 18.4 Å². The molecule has 3 aromatic rings. The number of piperidine rings is 1. The summed E-state index contributed by atoms with van der Waals surface area (Å²) in [4.78, 5) is 31.2. The fraction of sp³-hybridized carbons (Fsp3) is 0.318. The Morgan fingerprint density at radius 1 is 1.26 bits per heavy atom. The Balaban J connectivity index is 1.34. The lowest BCUT2D eigenvalue weighted by atomic mass is 10.1. The quantitative estimate of drug-likeness (QED) is 0.498. The van der Waals surface area contributed by atoms with Crippen LogP contribution in [0.4, 0.5) is 10.8 Å². The molecule has 9 heteroatoms. The maximum atomic E-state index is 12.2. The van der Waals surface area contributed by atoms with E-state index in [2.05, 4.69) is 45.3 Å². The van der Waals surface area contributed by atoms with Crippen LogP contribution in [0.5, 0.6) is 0 Å². The smallest absolute Gasteiger partial charge is 0.253 e. The Bertz CT molecular complexity index is 1070. The summed E-state index contributed by atoms with van der Waals surface area (Å²) >= 11 is 5.94. The lowest BCUT2D eigenvalue weighted by Gasteiger charge is -2.31. The van der Waals surface area contributed by atoms with E-state index in [1.54, 1.807) is 23.0 Å². The van der Waals surface area contributed by atoms with Gasteiger partial charge in [-0.2, -0.15) is 12.6 Å². The zero-order valence-electron chi connectivity index (χ0n) is 17.2. The van der Waals surface area contributed by atoms with Crippen LogP contribution in [-0.2, 0) is 11.8 Å². The van der Waals surface area contributed by atoms with Crippen molar-refractivity contribution in [2.75, 3.05) is 29.9 Å². The van der Waals surface area contributed by atoms with E-state index in [0.29, 0.717) is 15.9 Å². The Morgan fingerprint density at radius 2 is 2.06 bits per heavy atom. The van der Waals surface area contributed by atoms with Crippen LogP contribution in [-0.4, -0.2) is 46.2 Å². The second-order valence-corrected chi connectivity index (χ2v) is 9.19. The van der Waals surface area contributed by atoms with Crippen LogP contribution < -0.4 is 15.5 Å². The number of thiol groups is 1. The molecular formula is C22H25N5O2S2. The summed E-state index contributed by atoms with van der Waals surface area (Å²) in [7, 11) is 1.84. The maximum Gasteiger partial charge on any atom is 0.253 e. The van der Waals surface area contributed by atoms with Crippen LogP contribution in [0, 0.1) is 0 Å². The topological polar surface area (TPSA) is 79.3 Å². The van der Waals surface area contributed by atoms with Gasteiger partial charge < -0.3 is 20.1 Å². The van der Waals surface area contributed by atoms with E-state index >= 15 is 0 Å². The Morgan fingerprint density at radius 3 is 2.81 bits per heavy atom. The van der Waals surface area contributed by atoms with Gasteiger partial charge in [-0.3, -0.25) is 9.59 Å². The molecule has 1 aromatic carbocycles. The first-order valence-corrected chi connectivity index (χ1v) is 11.6. The highest BCUT2D eigenvalue weighted by molar-refractivity contribution is 7.80. The minimum Gasteiger partial charge on any atom is -0.371 e. The van der Waals surface area contributed by atoms with Crippen LogP contribution in [0.3, 0.4) is 0 Å². The van der Waals surface area contributed by atoms with Crippen molar-refractivity contribution in [1.29, 1.82) is 0 Å². The SMILES string of the molecule is Cn1ccc(C(=O)NCC(=O)Nc2nc(-c3cccc(N4CCC(S)CC4)c3)cs2)c1. The van der Waals surface area contributed by atoms with E-state index in [9.17, 15) is 9.59 Å². The third-order valence-corrected chi connectivity index (χ3v) is 6.50. The highest BCUT2D eigenvalue weighted by Gasteiger charge is 2.17. The molecule has 7 nitrogen and oxygen atoms in total. The molecule has 2 aromatic heterocycles. The van der Waals surface area contributed by atoms with Crippen molar-refractivity contribution in [3.8, 4) is 11.3 Å². The first-order valence-electron chi connectivity index (χ1n) is 10.2. The molecule has 0 spiro atoms. The number of hydrogen-bond donors (Lipinski definition) is 3. The number of nitrogens with zero attached hydrogens (tertiary/aromatic N) is 3. The number of aryl methyl sites for hydroxylation is 1. The zero-order chi connectivity index (χ0) is 21.8. The highest BCUT2D eigenvalue weighted by atomic mass is 32.1. The fourth-order valence-electron chi connectivity index (χ4n) is 3.51.